The summed E-state index contributed by atoms with van der Waals surface area (Å²) < 4.78 is 4.72. The number of likely N-dealkylation sites (tertiary alicyclic amines) is 1. The molecule has 0 radical (unpaired) electrons. The van der Waals surface area contributed by atoms with Crippen LogP contribution in [0.1, 0.15) is 40.0 Å². The molecule has 4 nitrogen and oxygen atoms in total. The quantitative estimate of drug-likeness (QED) is 0.769. The van der Waals surface area contributed by atoms with E-state index in [1.807, 2.05) is 0 Å². The number of primary amides is 1. The maximum Gasteiger partial charge on any atom is 0.404 e. The molecule has 0 aromatic carbocycles. The average Bonchev–Trinajstić information content (AvgIpc) is 2.23. The van der Waals surface area contributed by atoms with Gasteiger partial charge in [0.15, 0.2) is 0 Å². The zero-order valence-electron chi connectivity index (χ0n) is 11.4. The van der Waals surface area contributed by atoms with Gasteiger partial charge in [-0.15, -0.1) is 0 Å². The summed E-state index contributed by atoms with van der Waals surface area (Å²) in [6, 6.07) is 0. The number of ether oxygens (including phenoxy) is 1. The maximum absolute atomic E-state index is 10.4. The molecule has 100 valence electrons. The summed E-state index contributed by atoms with van der Waals surface area (Å²) in [5, 5.41) is 0. The first-order chi connectivity index (χ1) is 7.89. The first-order valence-electron chi connectivity index (χ1n) is 6.54. The van der Waals surface area contributed by atoms with Crippen LogP contribution >= 0.6 is 0 Å². The van der Waals surface area contributed by atoms with Gasteiger partial charge in [-0.1, -0.05) is 20.8 Å². The Hall–Kier alpha value is -0.770. The van der Waals surface area contributed by atoms with E-state index in [1.165, 1.54) is 25.9 Å². The number of hydrogen-bond donors (Lipinski definition) is 1. The lowest BCUT2D eigenvalue weighted by molar-refractivity contribution is 0.102. The molecule has 0 aromatic rings. The molecule has 0 saturated carbocycles. The fourth-order valence-electron chi connectivity index (χ4n) is 2.48. The molecule has 0 aromatic heterocycles. The molecule has 0 atom stereocenters. The number of nitrogens with two attached hydrogens (primary N) is 1. The van der Waals surface area contributed by atoms with Crippen LogP contribution in [0.5, 0.6) is 0 Å². The zero-order valence-corrected chi connectivity index (χ0v) is 11.4. The van der Waals surface area contributed by atoms with Gasteiger partial charge in [0.05, 0.1) is 6.61 Å². The smallest absolute Gasteiger partial charge is 0.404 e. The van der Waals surface area contributed by atoms with Crippen molar-refractivity contribution in [2.75, 3.05) is 26.2 Å². The van der Waals surface area contributed by atoms with Crippen molar-refractivity contribution in [1.29, 1.82) is 0 Å². The third-order valence-electron chi connectivity index (χ3n) is 3.68. The van der Waals surface area contributed by atoms with Gasteiger partial charge < -0.3 is 15.4 Å². The van der Waals surface area contributed by atoms with Gasteiger partial charge >= 0.3 is 6.09 Å². The van der Waals surface area contributed by atoms with E-state index in [4.69, 9.17) is 10.5 Å². The second-order valence-corrected chi connectivity index (χ2v) is 6.00. The third-order valence-corrected chi connectivity index (χ3v) is 3.68. The first-order valence-corrected chi connectivity index (χ1v) is 6.54. The van der Waals surface area contributed by atoms with Gasteiger partial charge in [0.1, 0.15) is 0 Å². The fourth-order valence-corrected chi connectivity index (χ4v) is 2.48. The zero-order chi connectivity index (χ0) is 12.9. The fraction of sp³-hybridized carbons (Fsp3) is 0.923. The van der Waals surface area contributed by atoms with E-state index >= 15 is 0 Å². The largest absolute Gasteiger partial charge is 0.450 e. The molecule has 1 heterocycles. The summed E-state index contributed by atoms with van der Waals surface area (Å²) in [7, 11) is 0. The summed E-state index contributed by atoms with van der Waals surface area (Å²) in [6.07, 6.45) is 2.76. The highest BCUT2D eigenvalue weighted by Crippen LogP contribution is 2.34. The molecular weight excluding hydrogens is 216 g/mol. The molecule has 4 heteroatoms. The Bertz CT molecular complexity index is 240. The lowest BCUT2D eigenvalue weighted by atomic mass is 9.75. The summed E-state index contributed by atoms with van der Waals surface area (Å²) in [4.78, 5) is 12.8. The lowest BCUT2D eigenvalue weighted by Gasteiger charge is -2.38. The predicted octanol–water partition coefficient (Wildman–Crippen LogP) is 2.23. The Kier molecular flexibility index (Phi) is 5.25. The highest BCUT2D eigenvalue weighted by atomic mass is 16.5. The predicted molar refractivity (Wildman–Crippen MR) is 68.8 cm³/mol. The van der Waals surface area contributed by atoms with Crippen LogP contribution in [0, 0.1) is 11.3 Å². The molecule has 1 fully saturated rings. The Morgan fingerprint density at radius 2 is 1.94 bits per heavy atom. The van der Waals surface area contributed by atoms with Crippen LogP contribution in [0.4, 0.5) is 4.79 Å². The van der Waals surface area contributed by atoms with Gasteiger partial charge in [0.25, 0.3) is 0 Å². The second kappa shape index (κ2) is 6.24. The van der Waals surface area contributed by atoms with Gasteiger partial charge in [-0.05, 0) is 43.7 Å². The second-order valence-electron chi connectivity index (χ2n) is 6.00. The summed E-state index contributed by atoms with van der Waals surface area (Å²) in [6.45, 7) is 10.8. The standard InChI is InChI=1S/C13H26N2O2/c1-13(2,3)11-5-8-15(9-6-11)7-4-10-17-12(14)16/h11H,4-10H2,1-3H3,(H2,14,16). The molecule has 1 rings (SSSR count). The number of carbonyl (C=O) groups excluding carboxylic acids is 1. The van der Waals surface area contributed by atoms with Gasteiger partial charge in [-0.3, -0.25) is 0 Å². The monoisotopic (exact) mass is 242 g/mol. The minimum Gasteiger partial charge on any atom is -0.450 e. The van der Waals surface area contributed by atoms with Crippen LogP contribution in [-0.4, -0.2) is 37.2 Å². The van der Waals surface area contributed by atoms with Crippen molar-refractivity contribution < 1.29 is 9.53 Å². The van der Waals surface area contributed by atoms with Crippen molar-refractivity contribution in [3.05, 3.63) is 0 Å². The van der Waals surface area contributed by atoms with E-state index in [9.17, 15) is 4.79 Å². The van der Waals surface area contributed by atoms with Crippen LogP contribution < -0.4 is 5.73 Å². The Balaban J connectivity index is 2.13. The molecule has 1 aliphatic rings. The number of nitrogens with zero attached hydrogens (tertiary/aromatic N) is 1. The topological polar surface area (TPSA) is 55.6 Å². The number of hydrogen-bond acceptors (Lipinski definition) is 3. The van der Waals surface area contributed by atoms with E-state index in [1.54, 1.807) is 0 Å². The molecule has 1 saturated heterocycles. The van der Waals surface area contributed by atoms with Gasteiger partial charge in [-0.2, -0.15) is 0 Å². The van der Waals surface area contributed by atoms with E-state index in [2.05, 4.69) is 25.7 Å². The van der Waals surface area contributed by atoms with E-state index in [-0.39, 0.29) is 0 Å². The van der Waals surface area contributed by atoms with Gasteiger partial charge in [0.2, 0.25) is 0 Å². The number of amides is 1. The minimum absolute atomic E-state index is 0.432. The van der Waals surface area contributed by atoms with E-state index < -0.39 is 6.09 Å². The van der Waals surface area contributed by atoms with Crippen molar-refractivity contribution in [2.45, 2.75) is 40.0 Å². The molecule has 1 aliphatic heterocycles. The summed E-state index contributed by atoms with van der Waals surface area (Å²) in [5.41, 5.74) is 5.33. The van der Waals surface area contributed by atoms with Crippen molar-refractivity contribution in [3.8, 4) is 0 Å². The van der Waals surface area contributed by atoms with Crippen LogP contribution in [0.3, 0.4) is 0 Å². The van der Waals surface area contributed by atoms with Crippen molar-refractivity contribution in [3.63, 3.8) is 0 Å². The normalized spacial score (nSPS) is 19.2. The lowest BCUT2D eigenvalue weighted by Crippen LogP contribution is -2.38. The van der Waals surface area contributed by atoms with E-state index in [0.29, 0.717) is 12.0 Å². The summed E-state index contributed by atoms with van der Waals surface area (Å²) >= 11 is 0. The molecule has 17 heavy (non-hydrogen) atoms. The number of piperidine rings is 1. The summed E-state index contributed by atoms with van der Waals surface area (Å²) in [5.74, 6) is 0.834. The van der Waals surface area contributed by atoms with Crippen molar-refractivity contribution in [1.82, 2.24) is 4.90 Å². The van der Waals surface area contributed by atoms with Crippen LogP contribution in [-0.2, 0) is 4.74 Å². The van der Waals surface area contributed by atoms with Crippen molar-refractivity contribution in [2.24, 2.45) is 17.1 Å². The van der Waals surface area contributed by atoms with Crippen molar-refractivity contribution >= 4 is 6.09 Å². The molecule has 2 N–H and O–H groups in total. The van der Waals surface area contributed by atoms with Gasteiger partial charge in [0, 0.05) is 6.54 Å². The highest BCUT2D eigenvalue weighted by Gasteiger charge is 2.28. The Labute approximate surface area is 104 Å². The third kappa shape index (κ3) is 5.39. The minimum atomic E-state index is -0.670. The molecule has 0 spiro atoms. The average molecular weight is 242 g/mol. The first kappa shape index (κ1) is 14.3. The SMILES string of the molecule is CC(C)(C)C1CCN(CCCOC(N)=O)CC1. The molecular formula is C13H26N2O2. The number of rotatable bonds is 4. The van der Waals surface area contributed by atoms with Crippen LogP contribution in [0.15, 0.2) is 0 Å². The molecule has 0 aliphatic carbocycles. The molecule has 1 amide bonds. The van der Waals surface area contributed by atoms with E-state index in [0.717, 1.165) is 18.9 Å². The van der Waals surface area contributed by atoms with Crippen LogP contribution in [0.25, 0.3) is 0 Å². The van der Waals surface area contributed by atoms with Crippen LogP contribution in [0.2, 0.25) is 0 Å². The Morgan fingerprint density at radius 1 is 1.35 bits per heavy atom. The molecule has 0 bridgehead atoms. The maximum atomic E-state index is 10.4. The van der Waals surface area contributed by atoms with Gasteiger partial charge in [-0.25, -0.2) is 4.79 Å². The Morgan fingerprint density at radius 3 is 2.41 bits per heavy atom. The highest BCUT2D eigenvalue weighted by molar-refractivity contribution is 5.64. The number of carbonyl (C=O) groups is 1. The molecule has 0 unspecified atom stereocenters.